The molecule has 10 nitrogen and oxygen atoms in total. The Bertz CT molecular complexity index is 758. The molecule has 33 heavy (non-hydrogen) atoms. The topological polar surface area (TPSA) is 145 Å². The maximum atomic E-state index is 12.7. The highest BCUT2D eigenvalue weighted by atomic mass is 32.2. The van der Waals surface area contributed by atoms with Crippen molar-refractivity contribution in [1.29, 1.82) is 0 Å². The van der Waals surface area contributed by atoms with Crippen molar-refractivity contribution in [1.82, 2.24) is 5.32 Å². The van der Waals surface area contributed by atoms with Gasteiger partial charge >= 0.3 is 11.9 Å². The quantitative estimate of drug-likeness (QED) is 0.170. The van der Waals surface area contributed by atoms with E-state index in [0.29, 0.717) is 0 Å². The lowest BCUT2D eigenvalue weighted by Crippen LogP contribution is -2.44. The molecule has 1 amide bonds. The second kappa shape index (κ2) is 13.2. The smallest absolute Gasteiger partial charge is 0.338 e. The molecule has 0 aliphatic heterocycles. The number of carbonyl (C=O) groups excluding carboxylic acids is 3. The predicted octanol–water partition coefficient (Wildman–Crippen LogP) is 1.89. The molecule has 0 aromatic rings. The second-order valence-electron chi connectivity index (χ2n) is 9.55. The van der Waals surface area contributed by atoms with Crippen molar-refractivity contribution in [2.45, 2.75) is 85.5 Å². The normalized spacial score (nSPS) is 17.3. The van der Waals surface area contributed by atoms with Crippen LogP contribution in [-0.2, 0) is 38.2 Å². The lowest BCUT2D eigenvalue weighted by molar-refractivity contribution is -0.211. The van der Waals surface area contributed by atoms with E-state index in [1.54, 1.807) is 13.8 Å². The van der Waals surface area contributed by atoms with E-state index >= 15 is 0 Å². The average Bonchev–Trinajstić information content (AvgIpc) is 2.74. The summed E-state index contributed by atoms with van der Waals surface area (Å²) in [6, 6.07) is 0. The number of hydrogen-bond acceptors (Lipinski definition) is 9. The second-order valence-corrected chi connectivity index (χ2v) is 11.3. The molecule has 11 heteroatoms. The average molecular weight is 494 g/mol. The van der Waals surface area contributed by atoms with Crippen molar-refractivity contribution < 1.29 is 41.6 Å². The highest BCUT2D eigenvalue weighted by Gasteiger charge is 2.40. The minimum Gasteiger partial charge on any atom is -0.425 e. The Kier molecular flexibility index (Phi) is 11.8. The summed E-state index contributed by atoms with van der Waals surface area (Å²) in [5, 5.41) is 13.1. The number of amides is 1. The monoisotopic (exact) mass is 493 g/mol. The number of rotatable bonds is 13. The van der Waals surface area contributed by atoms with E-state index in [1.807, 2.05) is 0 Å². The van der Waals surface area contributed by atoms with Gasteiger partial charge in [-0.2, -0.15) is 8.42 Å². The fourth-order valence-corrected chi connectivity index (χ4v) is 4.36. The van der Waals surface area contributed by atoms with Crippen LogP contribution in [0.15, 0.2) is 0 Å². The zero-order chi connectivity index (χ0) is 25.2. The van der Waals surface area contributed by atoms with Crippen LogP contribution in [0.1, 0.15) is 73.1 Å². The molecule has 0 saturated heterocycles. The van der Waals surface area contributed by atoms with E-state index < -0.39 is 52.4 Å². The Morgan fingerprint density at radius 3 is 2.18 bits per heavy atom. The molecule has 1 saturated carbocycles. The van der Waals surface area contributed by atoms with E-state index in [4.69, 9.17) is 13.7 Å². The fraction of sp³-hybridized carbons (Fsp3) is 0.864. The summed E-state index contributed by atoms with van der Waals surface area (Å²) in [7, 11) is -3.92. The number of esters is 2. The van der Waals surface area contributed by atoms with Gasteiger partial charge in [-0.05, 0) is 19.3 Å². The van der Waals surface area contributed by atoms with Crippen LogP contribution in [0, 0.1) is 17.3 Å². The van der Waals surface area contributed by atoms with Crippen LogP contribution < -0.4 is 5.32 Å². The van der Waals surface area contributed by atoms with Crippen LogP contribution in [0.4, 0.5) is 0 Å². The van der Waals surface area contributed by atoms with Crippen LogP contribution in [0.2, 0.25) is 0 Å². The summed E-state index contributed by atoms with van der Waals surface area (Å²) in [6.07, 6.45) is 1.76. The number of carbonyl (C=O) groups is 3. The van der Waals surface area contributed by atoms with Crippen molar-refractivity contribution in [3.05, 3.63) is 0 Å². The molecule has 1 fully saturated rings. The Balaban J connectivity index is 2.71. The van der Waals surface area contributed by atoms with Crippen LogP contribution in [0.25, 0.3) is 0 Å². The number of aliphatic hydroxyl groups excluding tert-OH is 1. The van der Waals surface area contributed by atoms with Crippen molar-refractivity contribution in [3.8, 4) is 0 Å². The van der Waals surface area contributed by atoms with Crippen LogP contribution in [-0.4, -0.2) is 62.7 Å². The molecule has 192 valence electrons. The zero-order valence-electron chi connectivity index (χ0n) is 20.3. The van der Waals surface area contributed by atoms with Gasteiger partial charge in [-0.15, -0.1) is 0 Å². The number of nitrogens with one attached hydrogen (secondary N) is 1. The number of hydrogen-bond donors (Lipinski definition) is 2. The molecule has 0 aromatic heterocycles. The molecule has 2 N–H and O–H groups in total. The Labute approximate surface area is 196 Å². The van der Waals surface area contributed by atoms with E-state index in [2.05, 4.69) is 5.32 Å². The molecule has 0 spiro atoms. The highest BCUT2D eigenvalue weighted by molar-refractivity contribution is 7.86. The Hall–Kier alpha value is -1.72. The first-order valence-corrected chi connectivity index (χ1v) is 13.0. The van der Waals surface area contributed by atoms with Gasteiger partial charge in [0.2, 0.25) is 12.2 Å². The predicted molar refractivity (Wildman–Crippen MR) is 120 cm³/mol. The van der Waals surface area contributed by atoms with Gasteiger partial charge in [0.05, 0.1) is 18.3 Å². The minimum absolute atomic E-state index is 0.152. The highest BCUT2D eigenvalue weighted by Crippen LogP contribution is 2.31. The number of ether oxygens (including phenoxy) is 2. The maximum absolute atomic E-state index is 12.7. The van der Waals surface area contributed by atoms with Crippen LogP contribution >= 0.6 is 0 Å². The molecule has 2 atom stereocenters. The molecule has 0 radical (unpaired) electrons. The van der Waals surface area contributed by atoms with Crippen LogP contribution in [0.3, 0.4) is 0 Å². The molecule has 0 aromatic carbocycles. The lowest BCUT2D eigenvalue weighted by atomic mass is 9.87. The van der Waals surface area contributed by atoms with Gasteiger partial charge in [0, 0.05) is 24.8 Å². The van der Waals surface area contributed by atoms with Gasteiger partial charge in [0.25, 0.3) is 10.1 Å². The molecule has 0 heterocycles. The third-order valence-electron chi connectivity index (χ3n) is 5.49. The van der Waals surface area contributed by atoms with Gasteiger partial charge in [-0.1, -0.05) is 47.0 Å². The zero-order valence-corrected chi connectivity index (χ0v) is 21.1. The van der Waals surface area contributed by atoms with E-state index in [9.17, 15) is 27.9 Å². The third kappa shape index (κ3) is 10.8. The molecular formula is C22H39NO9S. The summed E-state index contributed by atoms with van der Waals surface area (Å²) in [4.78, 5) is 35.6. The first kappa shape index (κ1) is 29.3. The van der Waals surface area contributed by atoms with Crippen molar-refractivity contribution >= 4 is 28.0 Å². The SMILES string of the molecule is CC(=O)NCCCS(=O)(=O)OCC(C)(C)[C@@H](O)C(=O)OC(OC(=O)C(C)C)C1CCCCC1. The number of aliphatic hydroxyl groups is 1. The molecule has 1 unspecified atom stereocenters. The third-order valence-corrected chi connectivity index (χ3v) is 6.76. The van der Waals surface area contributed by atoms with E-state index in [-0.39, 0.29) is 30.5 Å². The maximum Gasteiger partial charge on any atom is 0.338 e. The van der Waals surface area contributed by atoms with E-state index in [0.717, 1.165) is 32.1 Å². The van der Waals surface area contributed by atoms with Gasteiger partial charge in [0.1, 0.15) is 0 Å². The molecule has 1 rings (SSSR count). The van der Waals surface area contributed by atoms with Crippen LogP contribution in [0.5, 0.6) is 0 Å². The molecule has 0 bridgehead atoms. The summed E-state index contributed by atoms with van der Waals surface area (Å²) in [5.41, 5.74) is -1.29. The van der Waals surface area contributed by atoms with Crippen molar-refractivity contribution in [2.75, 3.05) is 18.9 Å². The van der Waals surface area contributed by atoms with Crippen molar-refractivity contribution in [2.24, 2.45) is 17.3 Å². The van der Waals surface area contributed by atoms with Gasteiger partial charge in [0.15, 0.2) is 6.10 Å². The fourth-order valence-electron chi connectivity index (χ4n) is 3.26. The summed E-state index contributed by atoms with van der Waals surface area (Å²) >= 11 is 0. The summed E-state index contributed by atoms with van der Waals surface area (Å²) < 4.78 is 40.0. The first-order valence-electron chi connectivity index (χ1n) is 11.5. The standard InChI is InChI=1S/C22H39NO9S/c1-15(2)19(26)31-21(17-10-7-6-8-11-17)32-20(27)18(25)22(4,5)14-30-33(28,29)13-9-12-23-16(3)24/h15,17-18,21,25H,6-14H2,1-5H3,(H,23,24)/t18-,21?/m0/s1. The summed E-state index contributed by atoms with van der Waals surface area (Å²) in [5.74, 6) is -2.64. The first-order chi connectivity index (χ1) is 15.2. The van der Waals surface area contributed by atoms with Gasteiger partial charge in [-0.25, -0.2) is 4.79 Å². The lowest BCUT2D eigenvalue weighted by Gasteiger charge is -2.33. The van der Waals surface area contributed by atoms with Gasteiger partial charge < -0.3 is 19.9 Å². The van der Waals surface area contributed by atoms with Crippen molar-refractivity contribution in [3.63, 3.8) is 0 Å². The Morgan fingerprint density at radius 2 is 1.64 bits per heavy atom. The molecule has 1 aliphatic rings. The summed E-state index contributed by atoms with van der Waals surface area (Å²) in [6.45, 7) is 7.36. The molecule has 1 aliphatic carbocycles. The van der Waals surface area contributed by atoms with Gasteiger partial charge in [-0.3, -0.25) is 13.8 Å². The van der Waals surface area contributed by atoms with E-state index in [1.165, 1.54) is 20.8 Å². The largest absolute Gasteiger partial charge is 0.425 e. The Morgan fingerprint density at radius 1 is 1.06 bits per heavy atom. The minimum atomic E-state index is -3.92. The molecular weight excluding hydrogens is 454 g/mol.